The molecule has 2 fully saturated rings. The van der Waals surface area contributed by atoms with Gasteiger partial charge in [-0.25, -0.2) is 0 Å². The summed E-state index contributed by atoms with van der Waals surface area (Å²) >= 11 is 0. The van der Waals surface area contributed by atoms with E-state index in [9.17, 15) is 0 Å². The molecule has 0 spiro atoms. The van der Waals surface area contributed by atoms with Crippen LogP contribution < -0.4 is 0 Å². The Bertz CT molecular complexity index is 271. The van der Waals surface area contributed by atoms with Gasteiger partial charge in [0, 0.05) is 6.54 Å². The molecule has 2 nitrogen and oxygen atoms in total. The summed E-state index contributed by atoms with van der Waals surface area (Å²) < 4.78 is 0. The van der Waals surface area contributed by atoms with E-state index in [2.05, 4.69) is 37.5 Å². The van der Waals surface area contributed by atoms with Gasteiger partial charge in [-0.2, -0.15) is 0 Å². The predicted octanol–water partition coefficient (Wildman–Crippen LogP) is 4.11. The highest BCUT2D eigenvalue weighted by Crippen LogP contribution is 2.26. The van der Waals surface area contributed by atoms with E-state index in [1.165, 1.54) is 71.4 Å². The van der Waals surface area contributed by atoms with Gasteiger partial charge in [-0.1, -0.05) is 27.7 Å². The van der Waals surface area contributed by atoms with Crippen molar-refractivity contribution >= 4 is 0 Å². The molecule has 0 aromatic rings. The molecule has 2 aliphatic heterocycles. The Labute approximate surface area is 133 Å². The third-order valence-electron chi connectivity index (χ3n) is 5.76. The second-order valence-electron chi connectivity index (χ2n) is 8.35. The van der Waals surface area contributed by atoms with Crippen molar-refractivity contribution in [3.8, 4) is 0 Å². The van der Waals surface area contributed by atoms with Gasteiger partial charge in [0.25, 0.3) is 0 Å². The molecule has 0 aliphatic carbocycles. The second kappa shape index (κ2) is 8.53. The minimum Gasteiger partial charge on any atom is -0.303 e. The van der Waals surface area contributed by atoms with Gasteiger partial charge in [-0.3, -0.25) is 0 Å². The van der Waals surface area contributed by atoms with E-state index < -0.39 is 0 Å². The van der Waals surface area contributed by atoms with Gasteiger partial charge in [0.05, 0.1) is 0 Å². The number of nitrogens with zero attached hydrogens (tertiary/aromatic N) is 2. The Morgan fingerprint density at radius 3 is 1.90 bits per heavy atom. The SMILES string of the molecule is CC(C)CN1CCC(CCN2CCC(C(C)C)CC2)CC1. The van der Waals surface area contributed by atoms with E-state index in [4.69, 9.17) is 0 Å². The van der Waals surface area contributed by atoms with Crippen LogP contribution in [0, 0.1) is 23.7 Å². The van der Waals surface area contributed by atoms with Crippen molar-refractivity contribution in [3.05, 3.63) is 0 Å². The summed E-state index contributed by atoms with van der Waals surface area (Å²) in [5.41, 5.74) is 0. The van der Waals surface area contributed by atoms with Crippen molar-refractivity contribution in [1.29, 1.82) is 0 Å². The van der Waals surface area contributed by atoms with Crippen molar-refractivity contribution in [3.63, 3.8) is 0 Å². The topological polar surface area (TPSA) is 6.48 Å². The molecule has 21 heavy (non-hydrogen) atoms. The molecule has 0 radical (unpaired) electrons. The minimum absolute atomic E-state index is 0.823. The normalized spacial score (nSPS) is 24.3. The van der Waals surface area contributed by atoms with Gasteiger partial charge in [0.2, 0.25) is 0 Å². The molecule has 0 saturated carbocycles. The van der Waals surface area contributed by atoms with E-state index in [0.717, 1.165) is 23.7 Å². The van der Waals surface area contributed by atoms with Crippen LogP contribution in [0.2, 0.25) is 0 Å². The monoisotopic (exact) mass is 294 g/mol. The molecule has 0 amide bonds. The maximum atomic E-state index is 2.74. The summed E-state index contributed by atoms with van der Waals surface area (Å²) in [7, 11) is 0. The summed E-state index contributed by atoms with van der Waals surface area (Å²) in [5.74, 6) is 3.69. The largest absolute Gasteiger partial charge is 0.303 e. The van der Waals surface area contributed by atoms with E-state index >= 15 is 0 Å². The molecule has 0 N–H and O–H groups in total. The lowest BCUT2D eigenvalue weighted by atomic mass is 9.86. The first-order valence-electron chi connectivity index (χ1n) is 9.49. The lowest BCUT2D eigenvalue weighted by molar-refractivity contribution is 0.127. The third kappa shape index (κ3) is 5.90. The van der Waals surface area contributed by atoms with Crippen LogP contribution in [0.15, 0.2) is 0 Å². The fourth-order valence-corrected chi connectivity index (χ4v) is 4.18. The number of rotatable bonds is 6. The molecule has 0 unspecified atom stereocenters. The lowest BCUT2D eigenvalue weighted by Gasteiger charge is -2.36. The summed E-state index contributed by atoms with van der Waals surface area (Å²) in [6.07, 6.45) is 7.20. The Kier molecular flexibility index (Phi) is 7.01. The van der Waals surface area contributed by atoms with Crippen LogP contribution in [-0.2, 0) is 0 Å². The van der Waals surface area contributed by atoms with Gasteiger partial charge >= 0.3 is 0 Å². The van der Waals surface area contributed by atoms with Crippen molar-refractivity contribution in [2.24, 2.45) is 23.7 Å². The molecule has 0 aromatic carbocycles. The maximum absolute atomic E-state index is 2.74. The molecule has 0 aromatic heterocycles. The molecule has 2 aliphatic rings. The quantitative estimate of drug-likeness (QED) is 0.727. The maximum Gasteiger partial charge on any atom is 0.000439 e. The molecular weight excluding hydrogens is 256 g/mol. The van der Waals surface area contributed by atoms with Crippen molar-refractivity contribution < 1.29 is 0 Å². The lowest BCUT2D eigenvalue weighted by Crippen LogP contribution is -2.39. The van der Waals surface area contributed by atoms with Gasteiger partial charge in [-0.05, 0) is 88.5 Å². The molecule has 2 rings (SSSR count). The van der Waals surface area contributed by atoms with Crippen molar-refractivity contribution in [2.45, 2.75) is 59.8 Å². The highest BCUT2D eigenvalue weighted by molar-refractivity contribution is 4.77. The minimum atomic E-state index is 0.823. The number of hydrogen-bond acceptors (Lipinski definition) is 2. The first kappa shape index (κ1) is 17.3. The van der Waals surface area contributed by atoms with Crippen LogP contribution in [0.4, 0.5) is 0 Å². The number of likely N-dealkylation sites (tertiary alicyclic amines) is 2. The molecule has 2 heterocycles. The molecule has 124 valence electrons. The molecule has 2 saturated heterocycles. The predicted molar refractivity (Wildman–Crippen MR) is 92.6 cm³/mol. The van der Waals surface area contributed by atoms with Crippen molar-refractivity contribution in [1.82, 2.24) is 9.80 Å². The number of piperidine rings is 2. The Morgan fingerprint density at radius 1 is 0.810 bits per heavy atom. The Hall–Kier alpha value is -0.0800. The highest BCUT2D eigenvalue weighted by atomic mass is 15.1. The van der Waals surface area contributed by atoms with E-state index in [0.29, 0.717) is 0 Å². The van der Waals surface area contributed by atoms with Crippen LogP contribution in [0.3, 0.4) is 0 Å². The van der Waals surface area contributed by atoms with Crippen LogP contribution in [0.1, 0.15) is 59.8 Å². The van der Waals surface area contributed by atoms with Crippen molar-refractivity contribution in [2.75, 3.05) is 39.3 Å². The zero-order valence-electron chi connectivity index (χ0n) is 15.0. The summed E-state index contributed by atoms with van der Waals surface area (Å²) in [4.78, 5) is 5.41. The van der Waals surface area contributed by atoms with E-state index in [-0.39, 0.29) is 0 Å². The van der Waals surface area contributed by atoms with Gasteiger partial charge in [0.1, 0.15) is 0 Å². The first-order chi connectivity index (χ1) is 10.0. The Morgan fingerprint density at radius 2 is 1.38 bits per heavy atom. The fraction of sp³-hybridized carbons (Fsp3) is 1.00. The van der Waals surface area contributed by atoms with Crippen LogP contribution in [0.5, 0.6) is 0 Å². The van der Waals surface area contributed by atoms with Gasteiger partial charge < -0.3 is 9.80 Å². The summed E-state index contributed by atoms with van der Waals surface area (Å²) in [6.45, 7) is 17.5. The standard InChI is InChI=1S/C19H38N2/c1-16(2)15-21-11-6-18(7-12-21)5-10-20-13-8-19(9-14-20)17(3)4/h16-19H,5-15H2,1-4H3. The molecule has 0 bridgehead atoms. The van der Waals surface area contributed by atoms with Gasteiger partial charge in [0.15, 0.2) is 0 Å². The van der Waals surface area contributed by atoms with Crippen LogP contribution >= 0.6 is 0 Å². The average molecular weight is 295 g/mol. The smallest absolute Gasteiger partial charge is 0.000439 e. The summed E-state index contributed by atoms with van der Waals surface area (Å²) in [5, 5.41) is 0. The fourth-order valence-electron chi connectivity index (χ4n) is 4.18. The highest BCUT2D eigenvalue weighted by Gasteiger charge is 2.23. The third-order valence-corrected chi connectivity index (χ3v) is 5.76. The number of hydrogen-bond donors (Lipinski definition) is 0. The first-order valence-corrected chi connectivity index (χ1v) is 9.49. The molecule has 2 heteroatoms. The Balaban J connectivity index is 1.58. The average Bonchev–Trinajstić information content (AvgIpc) is 2.46. The van der Waals surface area contributed by atoms with E-state index in [1.54, 1.807) is 0 Å². The molecular formula is C19H38N2. The summed E-state index contributed by atoms with van der Waals surface area (Å²) in [6, 6.07) is 0. The zero-order valence-corrected chi connectivity index (χ0v) is 15.0. The van der Waals surface area contributed by atoms with Crippen LogP contribution in [-0.4, -0.2) is 49.1 Å². The van der Waals surface area contributed by atoms with E-state index in [1.807, 2.05) is 0 Å². The second-order valence-corrected chi connectivity index (χ2v) is 8.35. The van der Waals surface area contributed by atoms with Crippen LogP contribution in [0.25, 0.3) is 0 Å². The zero-order chi connectivity index (χ0) is 15.2. The molecule has 0 atom stereocenters. The van der Waals surface area contributed by atoms with Gasteiger partial charge in [-0.15, -0.1) is 0 Å².